The van der Waals surface area contributed by atoms with Crippen LogP contribution in [0.2, 0.25) is 0 Å². The fourth-order valence-electron chi connectivity index (χ4n) is 2.88. The predicted octanol–water partition coefficient (Wildman–Crippen LogP) is 2.23. The number of aliphatic hydroxyl groups excluding tert-OH is 1. The average Bonchev–Trinajstić information content (AvgIpc) is 2.69. The van der Waals surface area contributed by atoms with Crippen molar-refractivity contribution in [2.24, 2.45) is 0 Å². The van der Waals surface area contributed by atoms with Crippen LogP contribution in [0.4, 0.5) is 0 Å². The molecule has 0 atom stereocenters. The molecular weight excluding hydrogens is 362 g/mol. The first-order chi connectivity index (χ1) is 13.3. The smallest absolute Gasteiger partial charge is 0.221 e. The van der Waals surface area contributed by atoms with Crippen LogP contribution in [0.25, 0.3) is 0 Å². The third-order valence-electron chi connectivity index (χ3n) is 4.27. The summed E-state index contributed by atoms with van der Waals surface area (Å²) in [7, 11) is 0. The Morgan fingerprint density at radius 3 is 2.96 bits per heavy atom. The first-order valence-corrected chi connectivity index (χ1v) is 10.8. The largest absolute Gasteiger partial charge is 0.473 e. The molecule has 2 N–H and O–H groups in total. The summed E-state index contributed by atoms with van der Waals surface area (Å²) >= 11 is 1.58. The molecule has 0 bridgehead atoms. The van der Waals surface area contributed by atoms with Crippen LogP contribution in [0.1, 0.15) is 31.2 Å². The van der Waals surface area contributed by atoms with Crippen molar-refractivity contribution in [3.05, 3.63) is 36.0 Å². The van der Waals surface area contributed by atoms with Gasteiger partial charge in [0.25, 0.3) is 0 Å². The maximum absolute atomic E-state index is 11.6. The lowest BCUT2D eigenvalue weighted by Crippen LogP contribution is -2.29. The molecule has 1 aliphatic rings. The van der Waals surface area contributed by atoms with Gasteiger partial charge in [-0.05, 0) is 43.6 Å². The molecule has 150 valence electrons. The van der Waals surface area contributed by atoms with E-state index in [4.69, 9.17) is 9.84 Å². The Bertz CT molecular complexity index is 577. The number of nitrogens with zero attached hydrogens (tertiary/aromatic N) is 2. The van der Waals surface area contributed by atoms with Crippen molar-refractivity contribution in [3.8, 4) is 5.88 Å². The van der Waals surface area contributed by atoms with Crippen LogP contribution in [0.5, 0.6) is 5.88 Å². The van der Waals surface area contributed by atoms with Crippen LogP contribution in [0.3, 0.4) is 0 Å². The quantitative estimate of drug-likeness (QED) is 0.419. The van der Waals surface area contributed by atoms with Crippen molar-refractivity contribution in [1.29, 1.82) is 0 Å². The average molecular weight is 394 g/mol. The van der Waals surface area contributed by atoms with E-state index in [0.29, 0.717) is 31.2 Å². The summed E-state index contributed by atoms with van der Waals surface area (Å²) in [6.45, 7) is 4.39. The van der Waals surface area contributed by atoms with Gasteiger partial charge in [0.1, 0.15) is 6.61 Å². The highest BCUT2D eigenvalue weighted by atomic mass is 32.2. The number of pyridine rings is 1. The molecule has 1 saturated heterocycles. The number of aliphatic hydroxyl groups is 1. The molecule has 1 amide bonds. The van der Waals surface area contributed by atoms with Gasteiger partial charge in [0.05, 0.1) is 6.61 Å². The molecule has 2 rings (SSSR count). The summed E-state index contributed by atoms with van der Waals surface area (Å²) in [6.07, 6.45) is 9.97. The number of hydrogen-bond donors (Lipinski definition) is 2. The van der Waals surface area contributed by atoms with E-state index in [-0.39, 0.29) is 12.5 Å². The molecule has 2 heterocycles. The molecular formula is C20H31N3O3S. The number of rotatable bonds is 12. The Morgan fingerprint density at radius 1 is 1.30 bits per heavy atom. The molecule has 1 aliphatic heterocycles. The zero-order valence-electron chi connectivity index (χ0n) is 15.9. The fraction of sp³-hybridized carbons (Fsp3) is 0.600. The maximum Gasteiger partial charge on any atom is 0.221 e. The molecule has 1 aromatic heterocycles. The SMILES string of the molecule is O=C(CCSCCO)NCC=CCOc1cc(CN2CCCCC2)ccn1. The fourth-order valence-corrected chi connectivity index (χ4v) is 3.54. The topological polar surface area (TPSA) is 74.7 Å². The van der Waals surface area contributed by atoms with Crippen LogP contribution in [-0.2, 0) is 11.3 Å². The van der Waals surface area contributed by atoms with Crippen molar-refractivity contribution < 1.29 is 14.6 Å². The number of likely N-dealkylation sites (tertiary alicyclic amines) is 1. The van der Waals surface area contributed by atoms with Crippen molar-refractivity contribution in [3.63, 3.8) is 0 Å². The second-order valence-corrected chi connectivity index (χ2v) is 7.74. The monoisotopic (exact) mass is 393 g/mol. The standard InChI is InChI=1S/C20H31N3O3S/c24-12-15-27-14-7-19(25)21-8-2-5-13-26-20-16-18(6-9-22-20)17-23-10-3-1-4-11-23/h2,5-6,9,16,24H,1,3-4,7-8,10-15,17H2,(H,21,25). The second-order valence-electron chi connectivity index (χ2n) is 6.51. The number of nitrogens with one attached hydrogen (secondary N) is 1. The zero-order chi connectivity index (χ0) is 19.2. The highest BCUT2D eigenvalue weighted by Gasteiger charge is 2.10. The first kappa shape index (κ1) is 21.7. The van der Waals surface area contributed by atoms with E-state index < -0.39 is 0 Å². The number of thioether (sulfide) groups is 1. The summed E-state index contributed by atoms with van der Waals surface area (Å²) in [5.74, 6) is 2.08. The minimum atomic E-state index is 0.0260. The third-order valence-corrected chi connectivity index (χ3v) is 5.24. The number of amides is 1. The molecule has 0 unspecified atom stereocenters. The number of hydrogen-bond acceptors (Lipinski definition) is 6. The Balaban J connectivity index is 1.60. The zero-order valence-corrected chi connectivity index (χ0v) is 16.8. The van der Waals surface area contributed by atoms with Crippen molar-refractivity contribution in [2.45, 2.75) is 32.2 Å². The Morgan fingerprint density at radius 2 is 2.15 bits per heavy atom. The second kappa shape index (κ2) is 13.6. The van der Waals surface area contributed by atoms with Gasteiger partial charge < -0.3 is 15.2 Å². The lowest BCUT2D eigenvalue weighted by molar-refractivity contribution is -0.120. The summed E-state index contributed by atoms with van der Waals surface area (Å²) in [4.78, 5) is 18.3. The summed E-state index contributed by atoms with van der Waals surface area (Å²) in [5.41, 5.74) is 1.23. The van der Waals surface area contributed by atoms with E-state index in [2.05, 4.69) is 15.2 Å². The van der Waals surface area contributed by atoms with E-state index in [1.54, 1.807) is 18.0 Å². The van der Waals surface area contributed by atoms with Gasteiger partial charge in [-0.25, -0.2) is 4.98 Å². The van der Waals surface area contributed by atoms with Gasteiger partial charge in [-0.15, -0.1) is 0 Å². The molecule has 6 nitrogen and oxygen atoms in total. The number of carbonyl (C=O) groups excluding carboxylic acids is 1. The Kier molecular flexibility index (Phi) is 10.9. The van der Waals surface area contributed by atoms with Crippen LogP contribution in [0, 0.1) is 0 Å². The summed E-state index contributed by atoms with van der Waals surface area (Å²) in [5, 5.41) is 11.5. The van der Waals surface area contributed by atoms with Crippen LogP contribution < -0.4 is 10.1 Å². The normalized spacial score (nSPS) is 15.1. The third kappa shape index (κ3) is 9.79. The lowest BCUT2D eigenvalue weighted by atomic mass is 10.1. The molecule has 1 fully saturated rings. The summed E-state index contributed by atoms with van der Waals surface area (Å²) < 4.78 is 5.68. The molecule has 0 radical (unpaired) electrons. The Hall–Kier alpha value is -1.57. The number of carbonyl (C=O) groups is 1. The molecule has 1 aromatic rings. The van der Waals surface area contributed by atoms with Gasteiger partial charge in [-0.2, -0.15) is 11.8 Å². The van der Waals surface area contributed by atoms with Crippen LogP contribution in [-0.4, -0.2) is 65.3 Å². The van der Waals surface area contributed by atoms with E-state index in [1.807, 2.05) is 24.3 Å². The first-order valence-electron chi connectivity index (χ1n) is 9.68. The molecule has 0 spiro atoms. The van der Waals surface area contributed by atoms with Gasteiger partial charge in [0.15, 0.2) is 0 Å². The maximum atomic E-state index is 11.6. The minimum Gasteiger partial charge on any atom is -0.473 e. The number of piperidine rings is 1. The molecule has 27 heavy (non-hydrogen) atoms. The van der Waals surface area contributed by atoms with Crippen molar-refractivity contribution >= 4 is 17.7 Å². The molecule has 0 aromatic carbocycles. The molecule has 0 aliphatic carbocycles. The molecule has 0 saturated carbocycles. The summed E-state index contributed by atoms with van der Waals surface area (Å²) in [6, 6.07) is 4.06. The van der Waals surface area contributed by atoms with Gasteiger partial charge >= 0.3 is 0 Å². The van der Waals surface area contributed by atoms with Crippen molar-refractivity contribution in [2.75, 3.05) is 44.4 Å². The van der Waals surface area contributed by atoms with Crippen LogP contribution in [0.15, 0.2) is 30.5 Å². The van der Waals surface area contributed by atoms with E-state index in [9.17, 15) is 4.79 Å². The van der Waals surface area contributed by atoms with Gasteiger partial charge in [-0.3, -0.25) is 9.69 Å². The minimum absolute atomic E-state index is 0.0260. The predicted molar refractivity (Wildman–Crippen MR) is 110 cm³/mol. The van der Waals surface area contributed by atoms with E-state index in [0.717, 1.165) is 12.3 Å². The van der Waals surface area contributed by atoms with Crippen LogP contribution >= 0.6 is 11.8 Å². The molecule has 7 heteroatoms. The van der Waals surface area contributed by atoms with Crippen molar-refractivity contribution in [1.82, 2.24) is 15.2 Å². The van der Waals surface area contributed by atoms with E-state index >= 15 is 0 Å². The Labute approximate surface area is 166 Å². The highest BCUT2D eigenvalue weighted by Crippen LogP contribution is 2.15. The van der Waals surface area contributed by atoms with Gasteiger partial charge in [0, 0.05) is 43.3 Å². The lowest BCUT2D eigenvalue weighted by Gasteiger charge is -2.26. The number of aromatic nitrogens is 1. The van der Waals surface area contributed by atoms with E-state index in [1.165, 1.54) is 37.9 Å². The number of ether oxygens (including phenoxy) is 1. The van der Waals surface area contributed by atoms with Gasteiger partial charge in [-0.1, -0.05) is 12.5 Å². The highest BCUT2D eigenvalue weighted by molar-refractivity contribution is 7.99. The van der Waals surface area contributed by atoms with Gasteiger partial charge in [0.2, 0.25) is 11.8 Å².